The lowest BCUT2D eigenvalue weighted by atomic mass is 9.75. The van der Waals surface area contributed by atoms with Crippen LogP contribution in [0, 0.1) is 5.92 Å². The molecule has 0 amide bonds. The van der Waals surface area contributed by atoms with Crippen molar-refractivity contribution < 1.29 is 9.59 Å². The van der Waals surface area contributed by atoms with Crippen LogP contribution in [-0.2, 0) is 15.0 Å². The SMILES string of the molecule is CCC(C=O)(CCCCCSCCCCCC(C)C=O)c1ccccc1. The molecule has 0 heterocycles. The number of rotatable bonds is 16. The lowest BCUT2D eigenvalue weighted by Crippen LogP contribution is -2.27. The molecule has 2 atom stereocenters. The second-order valence-corrected chi connectivity index (χ2v) is 8.60. The number of carbonyl (C=O) groups is 2. The van der Waals surface area contributed by atoms with Gasteiger partial charge in [0.1, 0.15) is 12.6 Å². The Morgan fingerprint density at radius 3 is 2.19 bits per heavy atom. The number of benzene rings is 1. The topological polar surface area (TPSA) is 34.1 Å². The second-order valence-electron chi connectivity index (χ2n) is 7.38. The Balaban J connectivity index is 2.10. The van der Waals surface area contributed by atoms with Gasteiger partial charge in [-0.15, -0.1) is 0 Å². The Morgan fingerprint density at radius 1 is 0.962 bits per heavy atom. The monoisotopic (exact) mass is 376 g/mol. The maximum Gasteiger partial charge on any atom is 0.130 e. The fourth-order valence-corrected chi connectivity index (χ4v) is 4.36. The molecule has 1 rings (SSSR count). The van der Waals surface area contributed by atoms with Crippen LogP contribution in [0.15, 0.2) is 30.3 Å². The summed E-state index contributed by atoms with van der Waals surface area (Å²) >= 11 is 2.04. The van der Waals surface area contributed by atoms with Crippen LogP contribution in [0.3, 0.4) is 0 Å². The van der Waals surface area contributed by atoms with Gasteiger partial charge < -0.3 is 9.59 Å². The third-order valence-corrected chi connectivity index (χ3v) is 6.45. The van der Waals surface area contributed by atoms with Crippen molar-refractivity contribution >= 4 is 24.3 Å². The Kier molecular flexibility index (Phi) is 12.4. The van der Waals surface area contributed by atoms with Crippen molar-refractivity contribution in [1.29, 1.82) is 0 Å². The van der Waals surface area contributed by atoms with Crippen LogP contribution >= 0.6 is 11.8 Å². The lowest BCUT2D eigenvalue weighted by molar-refractivity contribution is -0.113. The molecular weight excluding hydrogens is 340 g/mol. The lowest BCUT2D eigenvalue weighted by Gasteiger charge is -2.27. The molecule has 0 aliphatic heterocycles. The minimum absolute atomic E-state index is 0.222. The number of carbonyl (C=O) groups excluding carboxylic acids is 2. The first kappa shape index (κ1) is 23.0. The zero-order valence-corrected chi connectivity index (χ0v) is 17.4. The third-order valence-electron chi connectivity index (χ3n) is 5.30. The fourth-order valence-electron chi connectivity index (χ4n) is 3.34. The zero-order chi connectivity index (χ0) is 19.1. The van der Waals surface area contributed by atoms with E-state index in [1.165, 1.54) is 49.9 Å². The Labute approximate surface area is 164 Å². The molecule has 1 aromatic rings. The second kappa shape index (κ2) is 14.0. The number of thioether (sulfide) groups is 1. The van der Waals surface area contributed by atoms with E-state index in [4.69, 9.17) is 0 Å². The summed E-state index contributed by atoms with van der Waals surface area (Å²) in [5.41, 5.74) is 0.864. The Hall–Kier alpha value is -1.09. The standard InChI is InChI=1S/C23H36O2S/c1-3-23(20-25,22-14-8-4-9-15-22)16-10-6-12-18-26-17-11-5-7-13-21(2)19-24/h4,8-9,14-15,19-21H,3,5-7,10-13,16-18H2,1-2H3. The minimum Gasteiger partial charge on any atom is -0.303 e. The van der Waals surface area contributed by atoms with Crippen LogP contribution in [0.5, 0.6) is 0 Å². The molecule has 0 N–H and O–H groups in total. The molecule has 146 valence electrons. The summed E-state index contributed by atoms with van der Waals surface area (Å²) in [5.74, 6) is 2.67. The number of hydrogen-bond acceptors (Lipinski definition) is 3. The largest absolute Gasteiger partial charge is 0.303 e. The summed E-state index contributed by atoms with van der Waals surface area (Å²) in [7, 11) is 0. The van der Waals surface area contributed by atoms with Gasteiger partial charge in [-0.25, -0.2) is 0 Å². The highest BCUT2D eigenvalue weighted by atomic mass is 32.2. The van der Waals surface area contributed by atoms with E-state index in [1.54, 1.807) is 0 Å². The average molecular weight is 377 g/mol. The Morgan fingerprint density at radius 2 is 1.62 bits per heavy atom. The molecule has 0 fully saturated rings. The fraction of sp³-hybridized carbons (Fsp3) is 0.652. The van der Waals surface area contributed by atoms with Gasteiger partial charge in [0.05, 0.1) is 5.41 Å². The van der Waals surface area contributed by atoms with Crippen molar-refractivity contribution in [2.75, 3.05) is 11.5 Å². The first-order valence-electron chi connectivity index (χ1n) is 10.2. The zero-order valence-electron chi connectivity index (χ0n) is 16.6. The van der Waals surface area contributed by atoms with Crippen molar-refractivity contribution in [2.45, 2.75) is 77.0 Å². The van der Waals surface area contributed by atoms with Crippen LogP contribution in [0.25, 0.3) is 0 Å². The van der Waals surface area contributed by atoms with Crippen LogP contribution in [-0.4, -0.2) is 24.1 Å². The summed E-state index contributed by atoms with van der Waals surface area (Å²) in [5, 5.41) is 0. The minimum atomic E-state index is -0.299. The van der Waals surface area contributed by atoms with Crippen LogP contribution in [0.2, 0.25) is 0 Å². The summed E-state index contributed by atoms with van der Waals surface area (Å²) in [4.78, 5) is 22.3. The predicted molar refractivity (Wildman–Crippen MR) is 114 cm³/mol. The summed E-state index contributed by atoms with van der Waals surface area (Å²) in [6, 6.07) is 10.2. The third kappa shape index (κ3) is 8.53. The summed E-state index contributed by atoms with van der Waals surface area (Å²) in [6.45, 7) is 4.12. The van der Waals surface area contributed by atoms with E-state index in [9.17, 15) is 9.59 Å². The predicted octanol–water partition coefficient (Wildman–Crippen LogP) is 6.22. The van der Waals surface area contributed by atoms with Crippen molar-refractivity contribution in [3.05, 3.63) is 35.9 Å². The molecule has 0 aliphatic rings. The number of unbranched alkanes of at least 4 members (excludes halogenated alkanes) is 4. The van der Waals surface area contributed by atoms with E-state index in [1.807, 2.05) is 36.9 Å². The van der Waals surface area contributed by atoms with E-state index in [-0.39, 0.29) is 11.3 Å². The van der Waals surface area contributed by atoms with Crippen molar-refractivity contribution in [2.24, 2.45) is 5.92 Å². The van der Waals surface area contributed by atoms with Gasteiger partial charge in [0.2, 0.25) is 0 Å². The van der Waals surface area contributed by atoms with E-state index >= 15 is 0 Å². The van der Waals surface area contributed by atoms with Crippen LogP contribution in [0.1, 0.15) is 77.2 Å². The molecule has 0 aromatic heterocycles. The maximum absolute atomic E-state index is 11.8. The van der Waals surface area contributed by atoms with Crippen molar-refractivity contribution in [3.63, 3.8) is 0 Å². The van der Waals surface area contributed by atoms with Gasteiger partial charge in [0.25, 0.3) is 0 Å². The highest BCUT2D eigenvalue weighted by molar-refractivity contribution is 7.99. The smallest absolute Gasteiger partial charge is 0.130 e. The molecule has 0 saturated carbocycles. The van der Waals surface area contributed by atoms with Crippen LogP contribution in [0.4, 0.5) is 0 Å². The summed E-state index contributed by atoms with van der Waals surface area (Å²) in [6.07, 6.45) is 12.3. The molecule has 0 spiro atoms. The molecule has 0 saturated heterocycles. The van der Waals surface area contributed by atoms with E-state index in [0.717, 1.165) is 37.5 Å². The molecule has 0 aliphatic carbocycles. The van der Waals surface area contributed by atoms with E-state index in [2.05, 4.69) is 19.1 Å². The summed E-state index contributed by atoms with van der Waals surface area (Å²) < 4.78 is 0. The van der Waals surface area contributed by atoms with Gasteiger partial charge >= 0.3 is 0 Å². The number of hydrogen-bond donors (Lipinski definition) is 0. The molecule has 2 nitrogen and oxygen atoms in total. The maximum atomic E-state index is 11.8. The van der Waals surface area contributed by atoms with Gasteiger partial charge in [0.15, 0.2) is 0 Å². The quantitative estimate of drug-likeness (QED) is 0.253. The molecule has 2 unspecified atom stereocenters. The van der Waals surface area contributed by atoms with E-state index in [0.29, 0.717) is 0 Å². The van der Waals surface area contributed by atoms with Gasteiger partial charge in [-0.3, -0.25) is 0 Å². The first-order valence-corrected chi connectivity index (χ1v) is 11.4. The Bertz CT molecular complexity index is 488. The molecule has 0 bridgehead atoms. The van der Waals surface area contributed by atoms with Gasteiger partial charge in [-0.1, -0.05) is 69.9 Å². The molecular formula is C23H36O2S. The van der Waals surface area contributed by atoms with Crippen LogP contribution < -0.4 is 0 Å². The molecule has 0 radical (unpaired) electrons. The van der Waals surface area contributed by atoms with Crippen molar-refractivity contribution in [1.82, 2.24) is 0 Å². The van der Waals surface area contributed by atoms with Gasteiger partial charge in [0, 0.05) is 5.92 Å². The molecule has 1 aromatic carbocycles. The highest BCUT2D eigenvalue weighted by Gasteiger charge is 2.28. The normalized spacial score (nSPS) is 14.5. The first-order chi connectivity index (χ1) is 12.7. The van der Waals surface area contributed by atoms with E-state index < -0.39 is 0 Å². The highest BCUT2D eigenvalue weighted by Crippen LogP contribution is 2.31. The molecule has 26 heavy (non-hydrogen) atoms. The average Bonchev–Trinajstić information content (AvgIpc) is 2.70. The molecule has 3 heteroatoms. The van der Waals surface area contributed by atoms with Gasteiger partial charge in [-0.05, 0) is 49.2 Å². The number of aldehydes is 2. The van der Waals surface area contributed by atoms with Gasteiger partial charge in [-0.2, -0.15) is 11.8 Å². The van der Waals surface area contributed by atoms with Crippen molar-refractivity contribution in [3.8, 4) is 0 Å².